The zero-order valence-corrected chi connectivity index (χ0v) is 15.8. The SMILES string of the molecule is C[C@H](Sc1n[nH]c(-c2cccs2)n1)C(=O)N(CCC#N)c1ccccc1. The standard InChI is InChI=1S/C18H17N5OS2/c1-13(26-18-20-16(21-22-18)15-9-5-12-25-15)17(24)23(11-6-10-19)14-7-3-2-4-8-14/h2-5,7-9,12-13H,6,11H2,1H3,(H,20,21,22)/t13-/m0/s1. The highest BCUT2D eigenvalue weighted by molar-refractivity contribution is 8.00. The number of rotatable bonds is 7. The van der Waals surface area contributed by atoms with Gasteiger partial charge in [0.25, 0.3) is 0 Å². The maximum Gasteiger partial charge on any atom is 0.240 e. The summed E-state index contributed by atoms with van der Waals surface area (Å²) in [6.45, 7) is 2.19. The number of aromatic amines is 1. The number of anilines is 1. The lowest BCUT2D eigenvalue weighted by Gasteiger charge is -2.24. The number of aromatic nitrogens is 3. The van der Waals surface area contributed by atoms with E-state index in [1.54, 1.807) is 16.2 Å². The second-order valence-corrected chi connectivity index (χ2v) is 7.69. The number of amides is 1. The normalized spacial score (nSPS) is 11.7. The Bertz CT molecular complexity index is 886. The van der Waals surface area contributed by atoms with Gasteiger partial charge in [0, 0.05) is 12.2 Å². The number of nitrogens with zero attached hydrogens (tertiary/aromatic N) is 4. The van der Waals surface area contributed by atoms with E-state index in [0.29, 0.717) is 17.5 Å². The molecule has 0 unspecified atom stereocenters. The number of hydrogen-bond donors (Lipinski definition) is 1. The Labute approximate surface area is 159 Å². The second-order valence-electron chi connectivity index (χ2n) is 5.44. The van der Waals surface area contributed by atoms with Crippen molar-refractivity contribution in [1.82, 2.24) is 15.2 Å². The zero-order chi connectivity index (χ0) is 18.4. The largest absolute Gasteiger partial charge is 0.310 e. The van der Waals surface area contributed by atoms with E-state index >= 15 is 0 Å². The number of carbonyl (C=O) groups excluding carboxylic acids is 1. The van der Waals surface area contributed by atoms with E-state index in [0.717, 1.165) is 10.6 Å². The van der Waals surface area contributed by atoms with Gasteiger partial charge in [0.15, 0.2) is 5.82 Å². The number of benzene rings is 1. The van der Waals surface area contributed by atoms with E-state index in [1.807, 2.05) is 54.8 Å². The van der Waals surface area contributed by atoms with Crippen LogP contribution in [0.15, 0.2) is 53.0 Å². The molecule has 0 saturated carbocycles. The molecule has 132 valence electrons. The first kappa shape index (κ1) is 18.2. The highest BCUT2D eigenvalue weighted by atomic mass is 32.2. The molecule has 0 aliphatic heterocycles. The third-order valence-electron chi connectivity index (χ3n) is 3.63. The average molecular weight is 384 g/mol. The van der Waals surface area contributed by atoms with Crippen molar-refractivity contribution in [2.24, 2.45) is 0 Å². The van der Waals surface area contributed by atoms with Crippen LogP contribution in [0.5, 0.6) is 0 Å². The van der Waals surface area contributed by atoms with E-state index in [9.17, 15) is 4.79 Å². The molecule has 0 aliphatic rings. The molecule has 26 heavy (non-hydrogen) atoms. The molecule has 2 aromatic heterocycles. The molecule has 1 amide bonds. The highest BCUT2D eigenvalue weighted by Crippen LogP contribution is 2.27. The van der Waals surface area contributed by atoms with Crippen molar-refractivity contribution < 1.29 is 4.79 Å². The van der Waals surface area contributed by atoms with Gasteiger partial charge >= 0.3 is 0 Å². The van der Waals surface area contributed by atoms with Crippen molar-refractivity contribution in [3.8, 4) is 16.8 Å². The predicted octanol–water partition coefficient (Wildman–Crippen LogP) is 3.96. The average Bonchev–Trinajstić information content (AvgIpc) is 3.34. The maximum atomic E-state index is 12.9. The summed E-state index contributed by atoms with van der Waals surface area (Å²) in [5.41, 5.74) is 0.787. The Morgan fingerprint density at radius 3 is 2.85 bits per heavy atom. The van der Waals surface area contributed by atoms with Gasteiger partial charge in [-0.2, -0.15) is 5.26 Å². The van der Waals surface area contributed by atoms with Crippen molar-refractivity contribution in [3.63, 3.8) is 0 Å². The predicted molar refractivity (Wildman–Crippen MR) is 104 cm³/mol. The third kappa shape index (κ3) is 4.31. The molecular weight excluding hydrogens is 366 g/mol. The molecule has 1 N–H and O–H groups in total. The summed E-state index contributed by atoms with van der Waals surface area (Å²) in [5.74, 6) is 0.630. The Morgan fingerprint density at radius 1 is 1.35 bits per heavy atom. The van der Waals surface area contributed by atoms with Gasteiger partial charge in [-0.25, -0.2) is 4.98 Å². The third-order valence-corrected chi connectivity index (χ3v) is 5.46. The summed E-state index contributed by atoms with van der Waals surface area (Å²) in [6.07, 6.45) is 0.279. The molecule has 0 bridgehead atoms. The number of thiophene rings is 1. The van der Waals surface area contributed by atoms with E-state index in [2.05, 4.69) is 21.3 Å². The summed E-state index contributed by atoms with van der Waals surface area (Å²) < 4.78 is 0. The molecule has 1 aromatic carbocycles. The van der Waals surface area contributed by atoms with Gasteiger partial charge in [-0.15, -0.1) is 16.4 Å². The molecule has 0 aliphatic carbocycles. The van der Waals surface area contributed by atoms with Crippen LogP contribution in [0.25, 0.3) is 10.7 Å². The van der Waals surface area contributed by atoms with Crippen molar-refractivity contribution in [3.05, 3.63) is 47.8 Å². The molecule has 8 heteroatoms. The van der Waals surface area contributed by atoms with Gasteiger partial charge in [-0.3, -0.25) is 9.89 Å². The van der Waals surface area contributed by atoms with Crippen LogP contribution < -0.4 is 4.90 Å². The summed E-state index contributed by atoms with van der Waals surface area (Å²) in [6, 6.07) is 15.4. The molecule has 0 saturated heterocycles. The van der Waals surface area contributed by atoms with Crippen LogP contribution in [0.1, 0.15) is 13.3 Å². The van der Waals surface area contributed by atoms with Crippen molar-refractivity contribution in [2.45, 2.75) is 23.8 Å². The minimum atomic E-state index is -0.374. The number of para-hydroxylation sites is 1. The second kappa shape index (κ2) is 8.65. The zero-order valence-electron chi connectivity index (χ0n) is 14.1. The first-order chi connectivity index (χ1) is 12.7. The fourth-order valence-electron chi connectivity index (χ4n) is 2.39. The van der Waals surface area contributed by atoms with E-state index in [-0.39, 0.29) is 17.6 Å². The fraction of sp³-hybridized carbons (Fsp3) is 0.222. The number of carbonyl (C=O) groups is 1. The van der Waals surface area contributed by atoms with Crippen molar-refractivity contribution in [2.75, 3.05) is 11.4 Å². The Balaban J connectivity index is 1.72. The lowest BCUT2D eigenvalue weighted by Crippen LogP contribution is -2.37. The number of thioether (sulfide) groups is 1. The van der Waals surface area contributed by atoms with Gasteiger partial charge < -0.3 is 4.90 Å². The molecular formula is C18H17N5OS2. The summed E-state index contributed by atoms with van der Waals surface area (Å²) in [7, 11) is 0. The number of nitrogens with one attached hydrogen (secondary N) is 1. The molecule has 3 aromatic rings. The maximum absolute atomic E-state index is 12.9. The van der Waals surface area contributed by atoms with Crippen LogP contribution in [0, 0.1) is 11.3 Å². The van der Waals surface area contributed by atoms with Crippen molar-refractivity contribution >= 4 is 34.7 Å². The van der Waals surface area contributed by atoms with E-state index in [1.165, 1.54) is 11.8 Å². The lowest BCUT2D eigenvalue weighted by molar-refractivity contribution is -0.117. The van der Waals surface area contributed by atoms with Crippen LogP contribution in [0.4, 0.5) is 5.69 Å². The molecule has 3 rings (SSSR count). The Hall–Kier alpha value is -2.63. The first-order valence-electron chi connectivity index (χ1n) is 8.05. The van der Waals surface area contributed by atoms with Crippen molar-refractivity contribution in [1.29, 1.82) is 5.26 Å². The number of nitriles is 1. The molecule has 0 fully saturated rings. The van der Waals surface area contributed by atoms with Crippen LogP contribution in [-0.4, -0.2) is 32.9 Å². The summed E-state index contributed by atoms with van der Waals surface area (Å²) in [4.78, 5) is 20.0. The smallest absolute Gasteiger partial charge is 0.240 e. The summed E-state index contributed by atoms with van der Waals surface area (Å²) >= 11 is 2.88. The Kier molecular flexibility index (Phi) is 6.04. The van der Waals surface area contributed by atoms with Crippen LogP contribution in [0.2, 0.25) is 0 Å². The molecule has 1 atom stereocenters. The molecule has 0 spiro atoms. The molecule has 0 radical (unpaired) electrons. The fourth-order valence-corrected chi connectivity index (χ4v) is 3.84. The van der Waals surface area contributed by atoms with E-state index < -0.39 is 0 Å². The van der Waals surface area contributed by atoms with Crippen LogP contribution in [-0.2, 0) is 4.79 Å². The van der Waals surface area contributed by atoms with Gasteiger partial charge in [0.2, 0.25) is 11.1 Å². The monoisotopic (exact) mass is 383 g/mol. The number of hydrogen-bond acceptors (Lipinski definition) is 6. The lowest BCUT2D eigenvalue weighted by atomic mass is 10.2. The minimum Gasteiger partial charge on any atom is -0.310 e. The highest BCUT2D eigenvalue weighted by Gasteiger charge is 2.24. The van der Waals surface area contributed by atoms with Gasteiger partial charge in [0.05, 0.1) is 22.6 Å². The number of H-pyrrole nitrogens is 1. The minimum absolute atomic E-state index is 0.0704. The first-order valence-corrected chi connectivity index (χ1v) is 9.81. The quantitative estimate of drug-likeness (QED) is 0.624. The van der Waals surface area contributed by atoms with Crippen LogP contribution >= 0.6 is 23.1 Å². The Morgan fingerprint density at radius 2 is 2.15 bits per heavy atom. The van der Waals surface area contributed by atoms with E-state index in [4.69, 9.17) is 5.26 Å². The molecule has 2 heterocycles. The van der Waals surface area contributed by atoms with Gasteiger partial charge in [0.1, 0.15) is 0 Å². The van der Waals surface area contributed by atoms with Gasteiger partial charge in [-0.1, -0.05) is 36.0 Å². The van der Waals surface area contributed by atoms with Crippen LogP contribution in [0.3, 0.4) is 0 Å². The summed E-state index contributed by atoms with van der Waals surface area (Å²) in [5, 5.41) is 18.1. The topological polar surface area (TPSA) is 85.7 Å². The van der Waals surface area contributed by atoms with Gasteiger partial charge in [-0.05, 0) is 30.5 Å². The molecule has 6 nitrogen and oxygen atoms in total.